The molecular formula is C40H24O4. The Kier molecular flexibility index (Phi) is 5.01. The summed E-state index contributed by atoms with van der Waals surface area (Å²) in [5, 5.41) is 12.7. The molecule has 0 saturated heterocycles. The molecule has 0 aliphatic rings. The van der Waals surface area contributed by atoms with Gasteiger partial charge >= 0.3 is 0 Å². The van der Waals surface area contributed by atoms with Crippen LogP contribution in [0.1, 0.15) is 31.8 Å². The lowest BCUT2D eigenvalue weighted by Crippen LogP contribution is -2.15. The molecule has 208 valence electrons. The molecule has 0 unspecified atom stereocenters. The van der Waals surface area contributed by atoms with Gasteiger partial charge < -0.3 is 9.47 Å². The van der Waals surface area contributed by atoms with Gasteiger partial charge in [-0.05, 0) is 88.9 Å². The van der Waals surface area contributed by atoms with E-state index in [1.165, 1.54) is 10.8 Å². The van der Waals surface area contributed by atoms with E-state index in [1.807, 2.05) is 36.4 Å². The van der Waals surface area contributed by atoms with Crippen LogP contribution in [0.3, 0.4) is 0 Å². The number of hydrogen-bond donors (Lipinski definition) is 0. The van der Waals surface area contributed by atoms with E-state index < -0.39 is 0 Å². The van der Waals surface area contributed by atoms with Gasteiger partial charge in [0, 0.05) is 11.1 Å². The van der Waals surface area contributed by atoms with Crippen LogP contribution in [0.15, 0.2) is 109 Å². The van der Waals surface area contributed by atoms with Gasteiger partial charge in [0.1, 0.15) is 11.5 Å². The number of benzene rings is 9. The SMILES string of the molecule is COc1ccccc1C(=O)c1c(C(=O)c2ccccc2OC)c2ccc3ccc4ccc5ccc6ccc1c1c6c5c4c3c21. The number of rotatable bonds is 6. The van der Waals surface area contributed by atoms with Crippen molar-refractivity contribution in [1.29, 1.82) is 0 Å². The summed E-state index contributed by atoms with van der Waals surface area (Å²) in [4.78, 5) is 29.7. The maximum atomic E-state index is 14.9. The first kappa shape index (κ1) is 24.8. The highest BCUT2D eigenvalue weighted by molar-refractivity contribution is 6.48. The molecule has 9 aromatic rings. The van der Waals surface area contributed by atoms with E-state index in [4.69, 9.17) is 9.47 Å². The van der Waals surface area contributed by atoms with Crippen molar-refractivity contribution in [2.75, 3.05) is 14.2 Å². The van der Waals surface area contributed by atoms with Gasteiger partial charge in [-0.15, -0.1) is 0 Å². The zero-order valence-corrected chi connectivity index (χ0v) is 24.0. The topological polar surface area (TPSA) is 52.6 Å². The maximum Gasteiger partial charge on any atom is 0.198 e. The first-order valence-electron chi connectivity index (χ1n) is 14.6. The number of ether oxygens (including phenoxy) is 2. The van der Waals surface area contributed by atoms with E-state index in [-0.39, 0.29) is 11.6 Å². The van der Waals surface area contributed by atoms with E-state index in [2.05, 4.69) is 48.5 Å². The Balaban J connectivity index is 1.56. The molecule has 0 aliphatic carbocycles. The van der Waals surface area contributed by atoms with Gasteiger partial charge in [-0.3, -0.25) is 9.59 Å². The molecule has 0 amide bonds. The first-order chi connectivity index (χ1) is 21.6. The molecule has 0 saturated carbocycles. The van der Waals surface area contributed by atoms with Crippen molar-refractivity contribution in [3.63, 3.8) is 0 Å². The summed E-state index contributed by atoms with van der Waals surface area (Å²) in [6.07, 6.45) is 0. The predicted molar refractivity (Wildman–Crippen MR) is 178 cm³/mol. The lowest BCUT2D eigenvalue weighted by atomic mass is 9.78. The number of methoxy groups -OCH3 is 2. The highest BCUT2D eigenvalue weighted by atomic mass is 16.5. The monoisotopic (exact) mass is 568 g/mol. The minimum Gasteiger partial charge on any atom is -0.496 e. The predicted octanol–water partition coefficient (Wildman–Crippen LogP) is 9.40. The highest BCUT2D eigenvalue weighted by Crippen LogP contribution is 2.50. The van der Waals surface area contributed by atoms with Gasteiger partial charge in [0.25, 0.3) is 0 Å². The van der Waals surface area contributed by atoms with Gasteiger partial charge in [0.2, 0.25) is 0 Å². The average Bonchev–Trinajstić information content (AvgIpc) is 3.09. The van der Waals surface area contributed by atoms with Crippen molar-refractivity contribution in [2.45, 2.75) is 0 Å². The molecule has 0 atom stereocenters. The lowest BCUT2D eigenvalue weighted by Gasteiger charge is -2.24. The number of hydrogen-bond acceptors (Lipinski definition) is 4. The Morgan fingerprint density at radius 2 is 0.727 bits per heavy atom. The quantitative estimate of drug-likeness (QED) is 0.114. The summed E-state index contributed by atoms with van der Waals surface area (Å²) in [6.45, 7) is 0. The molecule has 0 aliphatic heterocycles. The van der Waals surface area contributed by atoms with Crippen LogP contribution in [-0.2, 0) is 0 Å². The molecule has 0 N–H and O–H groups in total. The second-order valence-electron chi connectivity index (χ2n) is 11.4. The summed E-state index contributed by atoms with van der Waals surface area (Å²) in [5.41, 5.74) is 1.56. The molecular weight excluding hydrogens is 544 g/mol. The molecule has 0 heterocycles. The van der Waals surface area contributed by atoms with E-state index >= 15 is 0 Å². The summed E-state index contributed by atoms with van der Waals surface area (Å²) in [5.74, 6) is 0.405. The van der Waals surface area contributed by atoms with Crippen LogP contribution < -0.4 is 9.47 Å². The lowest BCUT2D eigenvalue weighted by molar-refractivity contribution is 0.100. The summed E-state index contributed by atoms with van der Waals surface area (Å²) in [6, 6.07) is 35.6. The van der Waals surface area contributed by atoms with Crippen LogP contribution in [0.5, 0.6) is 11.5 Å². The molecule has 0 aromatic heterocycles. The summed E-state index contributed by atoms with van der Waals surface area (Å²) >= 11 is 0. The number of ketones is 2. The van der Waals surface area contributed by atoms with Crippen molar-refractivity contribution in [3.8, 4) is 11.5 Å². The zero-order valence-electron chi connectivity index (χ0n) is 24.0. The van der Waals surface area contributed by atoms with Crippen LogP contribution in [0.4, 0.5) is 0 Å². The third-order valence-corrected chi connectivity index (χ3v) is 9.33. The van der Waals surface area contributed by atoms with Gasteiger partial charge in [-0.2, -0.15) is 0 Å². The Morgan fingerprint density at radius 3 is 1.09 bits per heavy atom. The van der Waals surface area contributed by atoms with Crippen LogP contribution >= 0.6 is 0 Å². The van der Waals surface area contributed by atoms with Gasteiger partial charge in [0.15, 0.2) is 11.6 Å². The van der Waals surface area contributed by atoms with Crippen LogP contribution in [0.25, 0.3) is 64.6 Å². The first-order valence-corrected chi connectivity index (χ1v) is 14.6. The zero-order chi connectivity index (χ0) is 29.7. The minimum atomic E-state index is -0.258. The van der Waals surface area contributed by atoms with E-state index in [1.54, 1.807) is 38.5 Å². The molecule has 4 nitrogen and oxygen atoms in total. The third-order valence-electron chi connectivity index (χ3n) is 9.33. The fourth-order valence-electron chi connectivity index (χ4n) is 7.48. The molecule has 0 spiro atoms. The summed E-state index contributed by atoms with van der Waals surface area (Å²) in [7, 11) is 3.12. The van der Waals surface area contributed by atoms with Gasteiger partial charge in [0.05, 0.1) is 25.3 Å². The van der Waals surface area contributed by atoms with Gasteiger partial charge in [-0.1, -0.05) is 84.9 Å². The van der Waals surface area contributed by atoms with Crippen LogP contribution in [0, 0.1) is 0 Å². The van der Waals surface area contributed by atoms with Crippen LogP contribution in [0.2, 0.25) is 0 Å². The normalized spacial score (nSPS) is 12.0. The Labute approximate surface area is 252 Å². The standard InChI is InChI=1S/C40H24O4/c1-43-29-9-5-3-7-25(29)39(41)37-27-19-17-23-15-13-21-11-12-22-14-16-24-18-20-28(36-34(24)32(22)31(21)33(23)35(27)36)38(37)40(42)26-8-4-6-10-30(26)44-2/h3-20H,1-2H3. The molecule has 4 heteroatoms. The molecule has 0 fully saturated rings. The fraction of sp³-hybridized carbons (Fsp3) is 0.0500. The van der Waals surface area contributed by atoms with Gasteiger partial charge in [-0.25, -0.2) is 0 Å². The minimum absolute atomic E-state index is 0.258. The van der Waals surface area contributed by atoms with Crippen molar-refractivity contribution in [1.82, 2.24) is 0 Å². The third kappa shape index (κ3) is 3.07. The molecule has 9 rings (SSSR count). The van der Waals surface area contributed by atoms with Crippen LogP contribution in [-0.4, -0.2) is 25.8 Å². The second-order valence-corrected chi connectivity index (χ2v) is 11.4. The molecule has 44 heavy (non-hydrogen) atoms. The highest BCUT2D eigenvalue weighted by Gasteiger charge is 2.31. The molecule has 9 aromatic carbocycles. The van der Waals surface area contributed by atoms with E-state index in [9.17, 15) is 9.59 Å². The Hall–Kier alpha value is -5.74. The molecule has 0 bridgehead atoms. The van der Waals surface area contributed by atoms with Crippen molar-refractivity contribution in [2.24, 2.45) is 0 Å². The number of para-hydroxylation sites is 2. The Bertz CT molecular complexity index is 2420. The van der Waals surface area contributed by atoms with Crippen molar-refractivity contribution < 1.29 is 19.1 Å². The fourth-order valence-corrected chi connectivity index (χ4v) is 7.48. The average molecular weight is 569 g/mol. The maximum absolute atomic E-state index is 14.9. The van der Waals surface area contributed by atoms with Crippen molar-refractivity contribution in [3.05, 3.63) is 131 Å². The van der Waals surface area contributed by atoms with E-state index in [0.29, 0.717) is 33.8 Å². The van der Waals surface area contributed by atoms with Crippen molar-refractivity contribution >= 4 is 76.2 Å². The van der Waals surface area contributed by atoms with E-state index in [0.717, 1.165) is 53.9 Å². The number of carbonyl (C=O) groups excluding carboxylic acids is 2. The largest absolute Gasteiger partial charge is 0.496 e. The molecule has 0 radical (unpaired) electrons. The summed E-state index contributed by atoms with van der Waals surface area (Å²) < 4.78 is 11.3. The smallest absolute Gasteiger partial charge is 0.198 e. The Morgan fingerprint density at radius 1 is 0.409 bits per heavy atom. The second kappa shape index (κ2) is 8.88. The number of carbonyl (C=O) groups is 2.